The minimum absolute atomic E-state index is 0.184. The number of imidazole rings is 1. The molecule has 0 amide bonds. The zero-order valence-electron chi connectivity index (χ0n) is 12.6. The Kier molecular flexibility index (Phi) is 3.98. The van der Waals surface area contributed by atoms with E-state index in [2.05, 4.69) is 10.3 Å². The molecular weight excluding hydrogens is 303 g/mol. The molecule has 0 radical (unpaired) electrons. The smallest absolute Gasteiger partial charge is 0.383 e. The van der Waals surface area contributed by atoms with Crippen molar-refractivity contribution < 1.29 is 13.2 Å². The van der Waals surface area contributed by atoms with Gasteiger partial charge in [0.25, 0.3) is 0 Å². The van der Waals surface area contributed by atoms with Gasteiger partial charge in [-0.25, -0.2) is 4.98 Å². The second-order valence-corrected chi connectivity index (χ2v) is 5.37. The first-order valence-electron chi connectivity index (χ1n) is 7.28. The van der Waals surface area contributed by atoms with Gasteiger partial charge in [-0.2, -0.15) is 13.2 Å². The summed E-state index contributed by atoms with van der Waals surface area (Å²) in [5.41, 5.74) is 2.87. The Morgan fingerprint density at radius 3 is 2.43 bits per heavy atom. The maximum absolute atomic E-state index is 13.2. The van der Waals surface area contributed by atoms with E-state index >= 15 is 0 Å². The number of para-hydroxylation sites is 2. The van der Waals surface area contributed by atoms with Gasteiger partial charge in [0.2, 0.25) is 5.82 Å². The number of alkyl halides is 3. The predicted octanol–water partition coefficient (Wildman–Crippen LogP) is 4.48. The van der Waals surface area contributed by atoms with Crippen LogP contribution in [0, 0.1) is 6.92 Å². The number of hydrogen-bond donors (Lipinski definition) is 1. The van der Waals surface area contributed by atoms with E-state index in [0.29, 0.717) is 17.6 Å². The summed E-state index contributed by atoms with van der Waals surface area (Å²) in [6.07, 6.45) is -4.47. The van der Waals surface area contributed by atoms with Crippen LogP contribution in [0.25, 0.3) is 11.0 Å². The lowest BCUT2D eigenvalue weighted by Gasteiger charge is -2.12. The molecule has 3 nitrogen and oxygen atoms in total. The lowest BCUT2D eigenvalue weighted by atomic mass is 10.2. The predicted molar refractivity (Wildman–Crippen MR) is 84.4 cm³/mol. The number of aryl methyl sites for hydroxylation is 1. The third-order valence-corrected chi connectivity index (χ3v) is 3.62. The van der Waals surface area contributed by atoms with Crippen molar-refractivity contribution in [2.24, 2.45) is 0 Å². The molecule has 6 heteroatoms. The quantitative estimate of drug-likeness (QED) is 0.768. The number of hydrogen-bond acceptors (Lipinski definition) is 2. The van der Waals surface area contributed by atoms with Gasteiger partial charge in [0.15, 0.2) is 0 Å². The van der Waals surface area contributed by atoms with E-state index in [1.165, 1.54) is 4.57 Å². The third-order valence-electron chi connectivity index (χ3n) is 3.62. The number of rotatable bonds is 4. The fraction of sp³-hybridized carbons (Fsp3) is 0.235. The van der Waals surface area contributed by atoms with Gasteiger partial charge < -0.3 is 9.88 Å². The summed E-state index contributed by atoms with van der Waals surface area (Å²) in [5, 5.41) is 3.14. The topological polar surface area (TPSA) is 29.9 Å². The number of fused-ring (bicyclic) bond motifs is 1. The Bertz CT molecular complexity index is 804. The highest BCUT2D eigenvalue weighted by Gasteiger charge is 2.37. The van der Waals surface area contributed by atoms with Crippen LogP contribution >= 0.6 is 0 Å². The zero-order chi connectivity index (χ0) is 16.4. The molecule has 3 aromatic rings. The monoisotopic (exact) mass is 319 g/mol. The summed E-state index contributed by atoms with van der Waals surface area (Å²) >= 11 is 0. The molecule has 0 aliphatic carbocycles. The van der Waals surface area contributed by atoms with Crippen molar-refractivity contribution in [2.45, 2.75) is 19.6 Å². The Balaban J connectivity index is 1.82. The molecule has 1 N–H and O–H groups in total. The summed E-state index contributed by atoms with van der Waals surface area (Å²) in [5.74, 6) is -0.857. The molecule has 0 bridgehead atoms. The van der Waals surface area contributed by atoms with Gasteiger partial charge in [0.05, 0.1) is 11.0 Å². The molecule has 0 fully saturated rings. The van der Waals surface area contributed by atoms with Crippen LogP contribution in [-0.2, 0) is 12.7 Å². The second kappa shape index (κ2) is 5.95. The van der Waals surface area contributed by atoms with Crippen molar-refractivity contribution in [3.63, 3.8) is 0 Å². The summed E-state index contributed by atoms with van der Waals surface area (Å²) in [4.78, 5) is 3.73. The number of anilines is 1. The van der Waals surface area contributed by atoms with Crippen molar-refractivity contribution in [3.05, 3.63) is 59.9 Å². The molecule has 120 valence electrons. The van der Waals surface area contributed by atoms with Crippen LogP contribution in [0.3, 0.4) is 0 Å². The summed E-state index contributed by atoms with van der Waals surface area (Å²) in [7, 11) is 0. The second-order valence-electron chi connectivity index (χ2n) is 5.37. The maximum atomic E-state index is 13.2. The number of nitrogens with one attached hydrogen (secondary N) is 1. The Hall–Kier alpha value is -2.50. The lowest BCUT2D eigenvalue weighted by Crippen LogP contribution is -2.18. The van der Waals surface area contributed by atoms with Gasteiger partial charge in [-0.1, -0.05) is 29.8 Å². The molecule has 0 saturated heterocycles. The Labute approximate surface area is 131 Å². The van der Waals surface area contributed by atoms with Gasteiger partial charge in [-0.15, -0.1) is 0 Å². The van der Waals surface area contributed by atoms with E-state index in [9.17, 15) is 13.2 Å². The average molecular weight is 319 g/mol. The van der Waals surface area contributed by atoms with Crippen LogP contribution in [0.4, 0.5) is 18.9 Å². The lowest BCUT2D eigenvalue weighted by molar-refractivity contribution is -0.146. The molecule has 1 aromatic heterocycles. The van der Waals surface area contributed by atoms with Gasteiger partial charge >= 0.3 is 6.18 Å². The molecule has 2 aromatic carbocycles. The van der Waals surface area contributed by atoms with Gasteiger partial charge in [-0.05, 0) is 31.2 Å². The summed E-state index contributed by atoms with van der Waals surface area (Å²) in [6.45, 7) is 2.55. The minimum atomic E-state index is -4.47. The first kappa shape index (κ1) is 15.4. The normalized spacial score (nSPS) is 11.8. The van der Waals surface area contributed by atoms with Crippen LogP contribution in [0.5, 0.6) is 0 Å². The van der Waals surface area contributed by atoms with Crippen LogP contribution in [0.2, 0.25) is 0 Å². The zero-order valence-corrected chi connectivity index (χ0v) is 12.6. The first-order valence-corrected chi connectivity index (χ1v) is 7.28. The highest BCUT2D eigenvalue weighted by Crippen LogP contribution is 2.31. The SMILES string of the molecule is Cc1ccc(NCCn2c(C(F)(F)F)nc3ccccc32)cc1. The van der Waals surface area contributed by atoms with Crippen molar-refractivity contribution >= 4 is 16.7 Å². The van der Waals surface area contributed by atoms with Crippen LogP contribution in [0.1, 0.15) is 11.4 Å². The third kappa shape index (κ3) is 3.31. The van der Waals surface area contributed by atoms with Crippen molar-refractivity contribution in [3.8, 4) is 0 Å². The fourth-order valence-electron chi connectivity index (χ4n) is 2.50. The fourth-order valence-corrected chi connectivity index (χ4v) is 2.50. The van der Waals surface area contributed by atoms with E-state index in [-0.39, 0.29) is 6.54 Å². The largest absolute Gasteiger partial charge is 0.449 e. The van der Waals surface area contributed by atoms with Crippen molar-refractivity contribution in [1.82, 2.24) is 9.55 Å². The molecule has 0 unspecified atom stereocenters. The Morgan fingerprint density at radius 1 is 1.04 bits per heavy atom. The van der Waals surface area contributed by atoms with Gasteiger partial charge in [0.1, 0.15) is 0 Å². The number of aromatic nitrogens is 2. The molecule has 1 heterocycles. The molecular formula is C17H16F3N3. The number of halogens is 3. The van der Waals surface area contributed by atoms with E-state index in [1.54, 1.807) is 24.3 Å². The molecule has 23 heavy (non-hydrogen) atoms. The molecule has 0 saturated carbocycles. The van der Waals surface area contributed by atoms with Crippen LogP contribution < -0.4 is 5.32 Å². The van der Waals surface area contributed by atoms with E-state index in [1.807, 2.05) is 31.2 Å². The van der Waals surface area contributed by atoms with Gasteiger partial charge in [-0.3, -0.25) is 0 Å². The van der Waals surface area contributed by atoms with Crippen molar-refractivity contribution in [2.75, 3.05) is 11.9 Å². The molecule has 3 rings (SSSR count). The van der Waals surface area contributed by atoms with E-state index in [0.717, 1.165) is 11.3 Å². The van der Waals surface area contributed by atoms with Crippen LogP contribution in [-0.4, -0.2) is 16.1 Å². The molecule has 0 spiro atoms. The van der Waals surface area contributed by atoms with E-state index in [4.69, 9.17) is 0 Å². The maximum Gasteiger partial charge on any atom is 0.449 e. The van der Waals surface area contributed by atoms with Crippen LogP contribution in [0.15, 0.2) is 48.5 Å². The standard InChI is InChI=1S/C17H16F3N3/c1-12-6-8-13(9-7-12)21-10-11-23-15-5-3-2-4-14(15)22-16(23)17(18,19)20/h2-9,21H,10-11H2,1H3. The Morgan fingerprint density at radius 2 is 1.74 bits per heavy atom. The van der Waals surface area contributed by atoms with E-state index < -0.39 is 12.0 Å². The highest BCUT2D eigenvalue weighted by molar-refractivity contribution is 5.76. The average Bonchev–Trinajstić information content (AvgIpc) is 2.89. The minimum Gasteiger partial charge on any atom is -0.383 e. The summed E-state index contributed by atoms with van der Waals surface area (Å²) < 4.78 is 40.8. The molecule has 0 aliphatic rings. The first-order chi connectivity index (χ1) is 10.9. The number of nitrogens with zero attached hydrogens (tertiary/aromatic N) is 2. The number of benzene rings is 2. The molecule has 0 aliphatic heterocycles. The van der Waals surface area contributed by atoms with Crippen molar-refractivity contribution in [1.29, 1.82) is 0 Å². The van der Waals surface area contributed by atoms with Gasteiger partial charge in [0, 0.05) is 18.8 Å². The molecule has 0 atom stereocenters. The highest BCUT2D eigenvalue weighted by atomic mass is 19.4. The summed E-state index contributed by atoms with van der Waals surface area (Å²) in [6, 6.07) is 14.4.